The van der Waals surface area contributed by atoms with Gasteiger partial charge in [-0.3, -0.25) is 0 Å². The zero-order valence-corrected chi connectivity index (χ0v) is 37.8. The summed E-state index contributed by atoms with van der Waals surface area (Å²) in [6, 6.07) is 80.3. The van der Waals surface area contributed by atoms with Crippen LogP contribution in [0.25, 0.3) is 56.0 Å². The van der Waals surface area contributed by atoms with Gasteiger partial charge in [-0.05, 0) is 139 Å². The van der Waals surface area contributed by atoms with Gasteiger partial charge in [0, 0.05) is 44.7 Å². The second kappa shape index (κ2) is 15.4. The lowest BCUT2D eigenvalue weighted by molar-refractivity contribution is 0.660. The van der Waals surface area contributed by atoms with E-state index in [2.05, 4.69) is 268 Å². The van der Waals surface area contributed by atoms with E-state index in [0.717, 1.165) is 28.4 Å². The molecule has 2 nitrogen and oxygen atoms in total. The normalized spacial score (nSPS) is 13.9. The summed E-state index contributed by atoms with van der Waals surface area (Å²) in [6.07, 6.45) is 4.58. The van der Waals surface area contributed by atoms with Crippen LogP contribution in [0.15, 0.2) is 218 Å². The molecule has 12 rings (SSSR count). The van der Waals surface area contributed by atoms with Crippen LogP contribution < -0.4 is 9.80 Å². The highest BCUT2D eigenvalue weighted by Gasteiger charge is 2.38. The second-order valence-corrected chi connectivity index (χ2v) is 19.0. The van der Waals surface area contributed by atoms with Crippen molar-refractivity contribution in [2.24, 2.45) is 0 Å². The average Bonchev–Trinajstić information content (AvgIpc) is 3.72. The Bertz CT molecular complexity index is 3500. The van der Waals surface area contributed by atoms with E-state index in [1.165, 1.54) is 82.9 Å². The molecule has 10 aromatic rings. The standard InChI is InChI=1S/C64H50N2/c1-63(2)58-38-43(28-34-54(58)56-36-32-51(41-60(56)63)65(48-20-7-5-8-21-48)49-22-9-6-10-23-49)26-27-44-29-35-55-57-37-33-52(42-61(57)64(3,4)59(55)39-44)66(50-31-30-45-16-11-12-18-47(45)40-50)62-25-15-19-46-17-13-14-24-53(46)62/h5-42H,1-4H3/b27-26+. The molecule has 0 saturated heterocycles. The van der Waals surface area contributed by atoms with Crippen molar-refractivity contribution in [3.05, 3.63) is 252 Å². The van der Waals surface area contributed by atoms with Crippen LogP contribution in [-0.2, 0) is 10.8 Å². The summed E-state index contributed by atoms with van der Waals surface area (Å²) in [5, 5.41) is 4.93. The number of benzene rings is 10. The molecule has 66 heavy (non-hydrogen) atoms. The van der Waals surface area contributed by atoms with Gasteiger partial charge < -0.3 is 9.80 Å². The Morgan fingerprint density at radius 2 is 0.727 bits per heavy atom. The lowest BCUT2D eigenvalue weighted by Crippen LogP contribution is -2.17. The maximum absolute atomic E-state index is 2.45. The lowest BCUT2D eigenvalue weighted by Gasteiger charge is -2.29. The minimum Gasteiger partial charge on any atom is -0.310 e. The average molecular weight is 847 g/mol. The number of hydrogen-bond acceptors (Lipinski definition) is 2. The van der Waals surface area contributed by atoms with E-state index < -0.39 is 0 Å². The fourth-order valence-electron chi connectivity index (χ4n) is 10.9. The summed E-state index contributed by atoms with van der Waals surface area (Å²) in [7, 11) is 0. The van der Waals surface area contributed by atoms with E-state index in [4.69, 9.17) is 0 Å². The molecule has 0 N–H and O–H groups in total. The Kier molecular flexibility index (Phi) is 9.22. The fraction of sp³-hybridized carbons (Fsp3) is 0.0938. The minimum absolute atomic E-state index is 0.163. The van der Waals surface area contributed by atoms with Crippen LogP contribution in [0.2, 0.25) is 0 Å². The zero-order chi connectivity index (χ0) is 44.6. The van der Waals surface area contributed by atoms with E-state index in [-0.39, 0.29) is 10.8 Å². The van der Waals surface area contributed by atoms with Crippen molar-refractivity contribution in [2.45, 2.75) is 38.5 Å². The second-order valence-electron chi connectivity index (χ2n) is 19.0. The first-order valence-electron chi connectivity index (χ1n) is 23.2. The first-order chi connectivity index (χ1) is 32.2. The first-order valence-corrected chi connectivity index (χ1v) is 23.2. The summed E-state index contributed by atoms with van der Waals surface area (Å²) >= 11 is 0. The van der Waals surface area contributed by atoms with E-state index in [1.54, 1.807) is 0 Å². The molecular formula is C64H50N2. The smallest absolute Gasteiger partial charge is 0.0540 e. The van der Waals surface area contributed by atoms with Gasteiger partial charge in [-0.2, -0.15) is 0 Å². The van der Waals surface area contributed by atoms with Gasteiger partial charge >= 0.3 is 0 Å². The SMILES string of the molecule is CC1(C)c2cc(/C=C/c3ccc4c(c3)C(C)(C)c3cc(N(c5ccc6ccccc6c5)c5cccc6ccccc56)ccc3-4)ccc2-c2ccc(N(c3ccccc3)c3ccccc3)cc21. The van der Waals surface area contributed by atoms with Crippen molar-refractivity contribution < 1.29 is 0 Å². The summed E-state index contributed by atoms with van der Waals surface area (Å²) < 4.78 is 0. The number of anilines is 6. The van der Waals surface area contributed by atoms with Crippen LogP contribution in [0.1, 0.15) is 61.1 Å². The maximum atomic E-state index is 2.45. The van der Waals surface area contributed by atoms with Gasteiger partial charge in [-0.15, -0.1) is 0 Å². The molecule has 2 aliphatic rings. The van der Waals surface area contributed by atoms with Gasteiger partial charge in [0.05, 0.1) is 5.69 Å². The molecule has 0 unspecified atom stereocenters. The largest absolute Gasteiger partial charge is 0.310 e. The van der Waals surface area contributed by atoms with Gasteiger partial charge in [0.1, 0.15) is 0 Å². The van der Waals surface area contributed by atoms with Crippen LogP contribution >= 0.6 is 0 Å². The molecule has 0 radical (unpaired) electrons. The van der Waals surface area contributed by atoms with Gasteiger partial charge in [0.25, 0.3) is 0 Å². The number of rotatable bonds is 8. The molecule has 0 fully saturated rings. The molecule has 0 aliphatic heterocycles. The van der Waals surface area contributed by atoms with E-state index >= 15 is 0 Å². The summed E-state index contributed by atoms with van der Waals surface area (Å²) in [5.41, 5.74) is 19.7. The van der Waals surface area contributed by atoms with Gasteiger partial charge in [0.15, 0.2) is 0 Å². The molecule has 10 aromatic carbocycles. The van der Waals surface area contributed by atoms with Crippen molar-refractivity contribution in [1.82, 2.24) is 0 Å². The van der Waals surface area contributed by atoms with Crippen LogP contribution in [0.5, 0.6) is 0 Å². The number of nitrogens with zero attached hydrogens (tertiary/aromatic N) is 2. The molecular weight excluding hydrogens is 797 g/mol. The number of fused-ring (bicyclic) bond motifs is 8. The Hall–Kier alpha value is -7.94. The zero-order valence-electron chi connectivity index (χ0n) is 37.8. The molecule has 2 aliphatic carbocycles. The van der Waals surface area contributed by atoms with Crippen molar-refractivity contribution in [3.63, 3.8) is 0 Å². The van der Waals surface area contributed by atoms with Crippen LogP contribution in [-0.4, -0.2) is 0 Å². The quantitative estimate of drug-likeness (QED) is 0.141. The summed E-state index contributed by atoms with van der Waals surface area (Å²) in [5.74, 6) is 0. The van der Waals surface area contributed by atoms with Crippen molar-refractivity contribution >= 4 is 67.8 Å². The van der Waals surface area contributed by atoms with Crippen molar-refractivity contribution in [2.75, 3.05) is 9.80 Å². The Balaban J connectivity index is 0.859. The number of hydrogen-bond donors (Lipinski definition) is 0. The van der Waals surface area contributed by atoms with Crippen LogP contribution in [0.4, 0.5) is 34.1 Å². The molecule has 0 heterocycles. The van der Waals surface area contributed by atoms with Gasteiger partial charge in [0.2, 0.25) is 0 Å². The molecule has 2 heteroatoms. The lowest BCUT2D eigenvalue weighted by atomic mass is 9.81. The Morgan fingerprint density at radius 3 is 1.30 bits per heavy atom. The molecule has 0 bridgehead atoms. The third-order valence-corrected chi connectivity index (χ3v) is 14.4. The summed E-state index contributed by atoms with van der Waals surface area (Å²) in [6.45, 7) is 9.52. The van der Waals surface area contributed by atoms with Crippen molar-refractivity contribution in [1.29, 1.82) is 0 Å². The highest BCUT2D eigenvalue weighted by molar-refractivity contribution is 6.01. The molecule has 0 amide bonds. The minimum atomic E-state index is -0.197. The van der Waals surface area contributed by atoms with Crippen LogP contribution in [0.3, 0.4) is 0 Å². The van der Waals surface area contributed by atoms with Crippen LogP contribution in [0, 0.1) is 0 Å². The van der Waals surface area contributed by atoms with Gasteiger partial charge in [-0.25, -0.2) is 0 Å². The topological polar surface area (TPSA) is 6.48 Å². The molecule has 0 atom stereocenters. The van der Waals surface area contributed by atoms with E-state index in [0.29, 0.717) is 0 Å². The Labute approximate surface area is 388 Å². The monoisotopic (exact) mass is 846 g/mol. The van der Waals surface area contributed by atoms with E-state index in [9.17, 15) is 0 Å². The summed E-state index contributed by atoms with van der Waals surface area (Å²) in [4.78, 5) is 4.80. The third kappa shape index (κ3) is 6.47. The van der Waals surface area contributed by atoms with Gasteiger partial charge in [-0.1, -0.05) is 192 Å². The highest BCUT2D eigenvalue weighted by atomic mass is 15.1. The van der Waals surface area contributed by atoms with Crippen molar-refractivity contribution in [3.8, 4) is 22.3 Å². The molecule has 0 aromatic heterocycles. The van der Waals surface area contributed by atoms with E-state index in [1.807, 2.05) is 0 Å². The molecule has 316 valence electrons. The Morgan fingerprint density at radius 1 is 0.303 bits per heavy atom. The number of para-hydroxylation sites is 2. The third-order valence-electron chi connectivity index (χ3n) is 14.4. The molecule has 0 saturated carbocycles. The predicted molar refractivity (Wildman–Crippen MR) is 281 cm³/mol. The maximum Gasteiger partial charge on any atom is 0.0540 e. The highest BCUT2D eigenvalue weighted by Crippen LogP contribution is 2.53. The fourth-order valence-corrected chi connectivity index (χ4v) is 10.9. The predicted octanol–water partition coefficient (Wildman–Crippen LogP) is 17.7. The first kappa shape index (κ1) is 39.6. The molecule has 0 spiro atoms.